The van der Waals surface area contributed by atoms with Crippen LogP contribution in [0.2, 0.25) is 0 Å². The van der Waals surface area contributed by atoms with E-state index in [4.69, 9.17) is 5.11 Å². The van der Waals surface area contributed by atoms with Crippen molar-refractivity contribution in [3.63, 3.8) is 0 Å². The van der Waals surface area contributed by atoms with Crippen molar-refractivity contribution in [2.45, 2.75) is 44.3 Å². The fourth-order valence-corrected chi connectivity index (χ4v) is 3.29. The van der Waals surface area contributed by atoms with Crippen molar-refractivity contribution in [1.29, 1.82) is 0 Å². The number of alkyl halides is 3. The quantitative estimate of drug-likeness (QED) is 0.896. The first-order chi connectivity index (χ1) is 8.76. The lowest BCUT2D eigenvalue weighted by atomic mass is 10.1. The Morgan fingerprint density at radius 1 is 1.63 bits per heavy atom. The van der Waals surface area contributed by atoms with Crippen molar-refractivity contribution >= 4 is 22.4 Å². The molecule has 0 saturated heterocycles. The van der Waals surface area contributed by atoms with Crippen molar-refractivity contribution in [3.8, 4) is 0 Å². The zero-order chi connectivity index (χ0) is 14.2. The van der Waals surface area contributed by atoms with E-state index < -0.39 is 30.5 Å². The number of carbonyl (C=O) groups is 1. The number of aromatic nitrogens is 1. The van der Waals surface area contributed by atoms with E-state index >= 15 is 0 Å². The third-order valence-electron chi connectivity index (χ3n) is 2.92. The van der Waals surface area contributed by atoms with E-state index in [9.17, 15) is 18.0 Å². The normalized spacial score (nSPS) is 20.1. The van der Waals surface area contributed by atoms with Gasteiger partial charge in [-0.15, -0.1) is 11.3 Å². The lowest BCUT2D eigenvalue weighted by Gasteiger charge is -2.14. The molecule has 0 aliphatic heterocycles. The summed E-state index contributed by atoms with van der Waals surface area (Å²) in [7, 11) is 0. The van der Waals surface area contributed by atoms with E-state index in [1.165, 1.54) is 18.3 Å². The number of fused-ring (bicyclic) bond motifs is 1. The van der Waals surface area contributed by atoms with Gasteiger partial charge >= 0.3 is 12.1 Å². The number of anilines is 1. The van der Waals surface area contributed by atoms with Crippen LogP contribution < -0.4 is 5.32 Å². The molecule has 1 aliphatic carbocycles. The number of carboxylic acids is 1. The van der Waals surface area contributed by atoms with E-state index in [2.05, 4.69) is 10.3 Å². The first-order valence-electron chi connectivity index (χ1n) is 5.82. The second-order valence-electron chi connectivity index (χ2n) is 4.62. The van der Waals surface area contributed by atoms with Crippen molar-refractivity contribution in [2.75, 3.05) is 5.32 Å². The molecule has 0 fully saturated rings. The smallest absolute Gasteiger partial charge is 0.391 e. The molecule has 2 atom stereocenters. The van der Waals surface area contributed by atoms with E-state index in [-0.39, 0.29) is 0 Å². The van der Waals surface area contributed by atoms with Crippen LogP contribution in [0.4, 0.5) is 18.3 Å². The Bertz CT molecular complexity index is 487. The molecular weight excluding hydrogens is 281 g/mol. The minimum Gasteiger partial charge on any atom is -0.481 e. The maximum Gasteiger partial charge on any atom is 0.391 e. The first-order valence-corrected chi connectivity index (χ1v) is 6.63. The van der Waals surface area contributed by atoms with Crippen molar-refractivity contribution < 1.29 is 23.1 Å². The molecule has 0 bridgehead atoms. The molecule has 4 nitrogen and oxygen atoms in total. The molecule has 0 aromatic carbocycles. The van der Waals surface area contributed by atoms with E-state index in [1.54, 1.807) is 0 Å². The van der Waals surface area contributed by atoms with Crippen LogP contribution in [-0.4, -0.2) is 28.3 Å². The van der Waals surface area contributed by atoms with Crippen LogP contribution in [0.1, 0.15) is 36.3 Å². The molecule has 0 saturated carbocycles. The van der Waals surface area contributed by atoms with Crippen LogP contribution in [0.5, 0.6) is 0 Å². The summed E-state index contributed by atoms with van der Waals surface area (Å²) in [5.74, 6) is -1.56. The van der Waals surface area contributed by atoms with Gasteiger partial charge < -0.3 is 10.4 Å². The number of hydrogen-bond acceptors (Lipinski definition) is 4. The SMILES string of the molecule is CC(CC(F)(F)F)Nc1nc2c(s1)CCC2C(=O)O. The summed E-state index contributed by atoms with van der Waals surface area (Å²) in [4.78, 5) is 16.0. The van der Waals surface area contributed by atoms with Crippen LogP contribution in [0.15, 0.2) is 0 Å². The number of rotatable bonds is 4. The lowest BCUT2D eigenvalue weighted by Crippen LogP contribution is -2.23. The van der Waals surface area contributed by atoms with Crippen LogP contribution in [-0.2, 0) is 11.2 Å². The van der Waals surface area contributed by atoms with Gasteiger partial charge in [0.15, 0.2) is 5.13 Å². The molecule has 1 aromatic rings. The predicted molar refractivity (Wildman–Crippen MR) is 64.6 cm³/mol. The summed E-state index contributed by atoms with van der Waals surface area (Å²) in [6, 6.07) is -0.783. The zero-order valence-electron chi connectivity index (χ0n) is 10.1. The Kier molecular flexibility index (Phi) is 3.71. The van der Waals surface area contributed by atoms with Gasteiger partial charge in [-0.1, -0.05) is 0 Å². The molecule has 2 N–H and O–H groups in total. The molecule has 19 heavy (non-hydrogen) atoms. The third kappa shape index (κ3) is 3.37. The van der Waals surface area contributed by atoms with Gasteiger partial charge in [-0.25, -0.2) is 4.98 Å². The largest absolute Gasteiger partial charge is 0.481 e. The molecule has 106 valence electrons. The summed E-state index contributed by atoms with van der Waals surface area (Å²) >= 11 is 1.24. The Hall–Kier alpha value is -1.31. The topological polar surface area (TPSA) is 62.2 Å². The molecule has 1 aromatic heterocycles. The van der Waals surface area contributed by atoms with Gasteiger partial charge in [-0.2, -0.15) is 13.2 Å². The van der Waals surface area contributed by atoms with Crippen LogP contribution in [0, 0.1) is 0 Å². The van der Waals surface area contributed by atoms with Crippen LogP contribution in [0.3, 0.4) is 0 Å². The van der Waals surface area contributed by atoms with Crippen molar-refractivity contribution in [2.24, 2.45) is 0 Å². The standard InChI is InChI=1S/C11H13F3N2O2S/c1-5(4-11(12,13)14)15-10-16-8-6(9(17)18)2-3-7(8)19-10/h5-6H,2-4H2,1H3,(H,15,16)(H,17,18). The number of nitrogens with one attached hydrogen (secondary N) is 1. The van der Waals surface area contributed by atoms with E-state index in [0.29, 0.717) is 23.7 Å². The highest BCUT2D eigenvalue weighted by Crippen LogP contribution is 2.38. The highest BCUT2D eigenvalue weighted by atomic mass is 32.1. The van der Waals surface area contributed by atoms with Gasteiger partial charge in [0.2, 0.25) is 0 Å². The van der Waals surface area contributed by atoms with Gasteiger partial charge in [-0.3, -0.25) is 4.79 Å². The average molecular weight is 294 g/mol. The second kappa shape index (κ2) is 4.99. The number of hydrogen-bond donors (Lipinski definition) is 2. The highest BCUT2D eigenvalue weighted by molar-refractivity contribution is 7.15. The molecule has 2 unspecified atom stereocenters. The summed E-state index contributed by atoms with van der Waals surface area (Å²) in [5.41, 5.74) is 0.499. The van der Waals surface area contributed by atoms with Crippen LogP contribution in [0.25, 0.3) is 0 Å². The number of carboxylic acid groups (broad SMARTS) is 1. The summed E-state index contributed by atoms with van der Waals surface area (Å²) in [5, 5.41) is 12.0. The maximum atomic E-state index is 12.2. The Morgan fingerprint density at radius 2 is 2.32 bits per heavy atom. The third-order valence-corrected chi connectivity index (χ3v) is 3.99. The van der Waals surface area contributed by atoms with Crippen molar-refractivity contribution in [3.05, 3.63) is 10.6 Å². The van der Waals surface area contributed by atoms with Gasteiger partial charge in [0.05, 0.1) is 12.1 Å². The lowest BCUT2D eigenvalue weighted by molar-refractivity contribution is -0.139. The molecule has 0 amide bonds. The molecule has 1 heterocycles. The summed E-state index contributed by atoms with van der Waals surface area (Å²) in [6.45, 7) is 1.43. The van der Waals surface area contributed by atoms with Gasteiger partial charge in [0.25, 0.3) is 0 Å². The molecular formula is C11H13F3N2O2S. The maximum absolute atomic E-state index is 12.2. The van der Waals surface area contributed by atoms with Crippen molar-refractivity contribution in [1.82, 2.24) is 4.98 Å². The fraction of sp³-hybridized carbons (Fsp3) is 0.636. The zero-order valence-corrected chi connectivity index (χ0v) is 10.9. The molecule has 8 heteroatoms. The number of aliphatic carboxylic acids is 1. The number of aryl methyl sites for hydroxylation is 1. The minimum atomic E-state index is -4.23. The molecule has 2 rings (SSSR count). The Labute approximate surface area is 111 Å². The molecule has 0 radical (unpaired) electrons. The highest BCUT2D eigenvalue weighted by Gasteiger charge is 2.34. The van der Waals surface area contributed by atoms with Gasteiger partial charge in [-0.05, 0) is 19.8 Å². The Morgan fingerprint density at radius 3 is 2.89 bits per heavy atom. The predicted octanol–water partition coefficient (Wildman–Crippen LogP) is 3.01. The Balaban J connectivity index is 2.04. The van der Waals surface area contributed by atoms with Crippen LogP contribution >= 0.6 is 11.3 Å². The number of nitrogens with zero attached hydrogens (tertiary/aromatic N) is 1. The van der Waals surface area contributed by atoms with Gasteiger partial charge in [0.1, 0.15) is 5.92 Å². The molecule has 0 spiro atoms. The van der Waals surface area contributed by atoms with Gasteiger partial charge in [0, 0.05) is 10.9 Å². The average Bonchev–Trinajstić information content (AvgIpc) is 2.71. The van der Waals surface area contributed by atoms with E-state index in [0.717, 1.165) is 4.88 Å². The minimum absolute atomic E-state index is 0.368. The number of halogens is 3. The number of thiazole rings is 1. The molecule has 1 aliphatic rings. The van der Waals surface area contributed by atoms with E-state index in [1.807, 2.05) is 0 Å². The summed E-state index contributed by atoms with van der Waals surface area (Å²) < 4.78 is 36.6. The first kappa shape index (κ1) is 14.1. The monoisotopic (exact) mass is 294 g/mol. The fourth-order valence-electron chi connectivity index (χ4n) is 2.14. The second-order valence-corrected chi connectivity index (χ2v) is 5.71. The summed E-state index contributed by atoms with van der Waals surface area (Å²) in [6.07, 6.45) is -4.03.